The third-order valence-electron chi connectivity index (χ3n) is 1.82. The Bertz CT molecular complexity index is 504. The standard InChI is InChI=1S/C8H2BrClF3NO3/c9-5-3(7(10)15)1-2-4(8(11,12)13)6(5)14(16)17/h1-2H. The van der Waals surface area contributed by atoms with Gasteiger partial charge in [0.05, 0.1) is 10.5 Å². The number of nitro benzene ring substituents is 1. The maximum absolute atomic E-state index is 12.5. The molecule has 1 rings (SSSR count). The van der Waals surface area contributed by atoms with Crippen molar-refractivity contribution in [3.05, 3.63) is 37.8 Å². The topological polar surface area (TPSA) is 60.2 Å². The molecule has 0 heterocycles. The first kappa shape index (κ1) is 13.9. The van der Waals surface area contributed by atoms with E-state index in [1.165, 1.54) is 0 Å². The number of halogens is 5. The predicted octanol–water partition coefficient (Wildman–Crippen LogP) is 3.76. The average Bonchev–Trinajstić information content (AvgIpc) is 2.14. The van der Waals surface area contributed by atoms with Gasteiger partial charge in [0.25, 0.3) is 10.9 Å². The van der Waals surface area contributed by atoms with E-state index < -0.39 is 37.6 Å². The molecule has 1 aromatic carbocycles. The Morgan fingerprint density at radius 1 is 1.41 bits per heavy atom. The highest BCUT2D eigenvalue weighted by molar-refractivity contribution is 9.10. The molecule has 0 amide bonds. The van der Waals surface area contributed by atoms with Gasteiger partial charge in [-0.3, -0.25) is 14.9 Å². The molecule has 0 atom stereocenters. The van der Waals surface area contributed by atoms with Gasteiger partial charge < -0.3 is 0 Å². The van der Waals surface area contributed by atoms with E-state index in [-0.39, 0.29) is 0 Å². The van der Waals surface area contributed by atoms with E-state index in [2.05, 4.69) is 15.9 Å². The third-order valence-corrected chi connectivity index (χ3v) is 2.82. The molecule has 0 fully saturated rings. The second-order valence-electron chi connectivity index (χ2n) is 2.85. The van der Waals surface area contributed by atoms with E-state index >= 15 is 0 Å². The Labute approximate surface area is 106 Å². The van der Waals surface area contributed by atoms with Gasteiger partial charge >= 0.3 is 6.18 Å². The minimum Gasteiger partial charge on any atom is -0.276 e. The van der Waals surface area contributed by atoms with Gasteiger partial charge in [-0.25, -0.2) is 0 Å². The van der Waals surface area contributed by atoms with E-state index in [0.29, 0.717) is 6.07 Å². The van der Waals surface area contributed by atoms with Gasteiger partial charge in [-0.15, -0.1) is 0 Å². The van der Waals surface area contributed by atoms with E-state index in [0.717, 1.165) is 6.07 Å². The van der Waals surface area contributed by atoms with Gasteiger partial charge in [-0.05, 0) is 39.7 Å². The number of alkyl halides is 3. The van der Waals surface area contributed by atoms with Crippen molar-refractivity contribution >= 4 is 38.5 Å². The van der Waals surface area contributed by atoms with Crippen LogP contribution >= 0.6 is 27.5 Å². The van der Waals surface area contributed by atoms with Gasteiger partial charge in [0.1, 0.15) is 10.0 Å². The number of nitro groups is 1. The summed E-state index contributed by atoms with van der Waals surface area (Å²) >= 11 is 7.66. The molecule has 4 nitrogen and oxygen atoms in total. The summed E-state index contributed by atoms with van der Waals surface area (Å²) in [5.41, 5.74) is -3.08. The highest BCUT2D eigenvalue weighted by atomic mass is 79.9. The van der Waals surface area contributed by atoms with Crippen molar-refractivity contribution in [3.63, 3.8) is 0 Å². The van der Waals surface area contributed by atoms with Gasteiger partial charge in [-0.1, -0.05) is 0 Å². The Kier molecular flexibility index (Phi) is 3.78. The Balaban J connectivity index is 3.63. The molecule has 17 heavy (non-hydrogen) atoms. The number of carbonyl (C=O) groups is 1. The average molecular weight is 332 g/mol. The van der Waals surface area contributed by atoms with Crippen molar-refractivity contribution in [1.82, 2.24) is 0 Å². The minimum atomic E-state index is -4.89. The lowest BCUT2D eigenvalue weighted by molar-refractivity contribution is -0.388. The van der Waals surface area contributed by atoms with E-state index in [1.54, 1.807) is 0 Å². The van der Waals surface area contributed by atoms with Gasteiger partial charge in [0, 0.05) is 0 Å². The van der Waals surface area contributed by atoms with E-state index in [9.17, 15) is 28.1 Å². The molecular weight excluding hydrogens is 330 g/mol. The molecule has 1 aromatic rings. The Morgan fingerprint density at radius 3 is 2.29 bits per heavy atom. The van der Waals surface area contributed by atoms with Crippen LogP contribution in [0.3, 0.4) is 0 Å². The largest absolute Gasteiger partial charge is 0.423 e. The zero-order valence-electron chi connectivity index (χ0n) is 7.72. The zero-order valence-corrected chi connectivity index (χ0v) is 10.1. The van der Waals surface area contributed by atoms with Crippen LogP contribution in [0.5, 0.6) is 0 Å². The molecular formula is C8H2BrClF3NO3. The molecule has 9 heteroatoms. The van der Waals surface area contributed by atoms with Crippen molar-refractivity contribution in [2.45, 2.75) is 6.18 Å². The number of carbonyl (C=O) groups excluding carboxylic acids is 1. The number of rotatable bonds is 2. The summed E-state index contributed by atoms with van der Waals surface area (Å²) in [6.45, 7) is 0. The van der Waals surface area contributed by atoms with Crippen LogP contribution in [0.4, 0.5) is 18.9 Å². The molecule has 0 unspecified atom stereocenters. The van der Waals surface area contributed by atoms with Crippen molar-refractivity contribution in [2.75, 3.05) is 0 Å². The second-order valence-corrected chi connectivity index (χ2v) is 3.99. The minimum absolute atomic E-state index is 0.397. The molecule has 0 aliphatic heterocycles. The van der Waals surface area contributed by atoms with Crippen LogP contribution in [0, 0.1) is 10.1 Å². The van der Waals surface area contributed by atoms with Crippen molar-refractivity contribution in [2.24, 2.45) is 0 Å². The molecule has 0 radical (unpaired) electrons. The molecule has 92 valence electrons. The lowest BCUT2D eigenvalue weighted by atomic mass is 10.1. The molecule has 0 aliphatic carbocycles. The molecule has 0 aliphatic rings. The summed E-state index contributed by atoms with van der Waals surface area (Å²) in [7, 11) is 0. The Hall–Kier alpha value is -1.15. The molecule has 0 aromatic heterocycles. The summed E-state index contributed by atoms with van der Waals surface area (Å²) in [6, 6.07) is 1.22. The zero-order chi connectivity index (χ0) is 13.4. The summed E-state index contributed by atoms with van der Waals surface area (Å²) in [4.78, 5) is 20.2. The van der Waals surface area contributed by atoms with Gasteiger partial charge in [0.15, 0.2) is 0 Å². The monoisotopic (exact) mass is 331 g/mol. The summed E-state index contributed by atoms with van der Waals surface area (Å²) in [5.74, 6) is 0. The van der Waals surface area contributed by atoms with Gasteiger partial charge in [0.2, 0.25) is 0 Å². The van der Waals surface area contributed by atoms with Crippen LogP contribution < -0.4 is 0 Å². The van der Waals surface area contributed by atoms with Crippen LogP contribution in [0.25, 0.3) is 0 Å². The van der Waals surface area contributed by atoms with Crippen LogP contribution in [-0.2, 0) is 6.18 Å². The SMILES string of the molecule is O=C(Cl)c1ccc(C(F)(F)F)c([N+](=O)[O-])c1Br. The smallest absolute Gasteiger partial charge is 0.276 e. The van der Waals surface area contributed by atoms with Crippen molar-refractivity contribution in [3.8, 4) is 0 Å². The van der Waals surface area contributed by atoms with E-state index in [1.807, 2.05) is 0 Å². The summed E-state index contributed by atoms with van der Waals surface area (Å²) < 4.78 is 36.8. The highest BCUT2D eigenvalue weighted by Gasteiger charge is 2.40. The highest BCUT2D eigenvalue weighted by Crippen LogP contribution is 2.41. The molecule has 0 saturated carbocycles. The fourth-order valence-electron chi connectivity index (χ4n) is 1.12. The maximum Gasteiger partial charge on any atom is 0.423 e. The fraction of sp³-hybridized carbons (Fsp3) is 0.125. The number of nitrogens with zero attached hydrogens (tertiary/aromatic N) is 1. The van der Waals surface area contributed by atoms with Crippen LogP contribution in [-0.4, -0.2) is 10.2 Å². The summed E-state index contributed by atoms with van der Waals surface area (Å²) in [6.07, 6.45) is -4.89. The lowest BCUT2D eigenvalue weighted by Gasteiger charge is -2.09. The van der Waals surface area contributed by atoms with Crippen LogP contribution in [0.15, 0.2) is 16.6 Å². The number of hydrogen-bond acceptors (Lipinski definition) is 3. The number of benzene rings is 1. The molecule has 0 spiro atoms. The maximum atomic E-state index is 12.5. The van der Waals surface area contributed by atoms with E-state index in [4.69, 9.17) is 11.6 Å². The van der Waals surface area contributed by atoms with Gasteiger partial charge in [-0.2, -0.15) is 13.2 Å². The fourth-order valence-corrected chi connectivity index (χ4v) is 2.07. The lowest BCUT2D eigenvalue weighted by Crippen LogP contribution is -2.10. The first-order chi connectivity index (χ1) is 7.66. The molecule has 0 N–H and O–H groups in total. The number of hydrogen-bond donors (Lipinski definition) is 0. The van der Waals surface area contributed by atoms with Crippen LogP contribution in [0.2, 0.25) is 0 Å². The first-order valence-corrected chi connectivity index (χ1v) is 5.07. The molecule has 0 saturated heterocycles. The predicted molar refractivity (Wildman–Crippen MR) is 56.0 cm³/mol. The quantitative estimate of drug-likeness (QED) is 0.471. The third kappa shape index (κ3) is 2.75. The summed E-state index contributed by atoms with van der Waals surface area (Å²) in [5, 5.41) is 9.50. The van der Waals surface area contributed by atoms with Crippen molar-refractivity contribution in [1.29, 1.82) is 0 Å². The molecule has 0 bridgehead atoms. The van der Waals surface area contributed by atoms with Crippen molar-refractivity contribution < 1.29 is 22.9 Å². The normalized spacial score (nSPS) is 11.4. The first-order valence-electron chi connectivity index (χ1n) is 3.90. The second kappa shape index (κ2) is 4.61. The Morgan fingerprint density at radius 2 is 1.94 bits per heavy atom. The van der Waals surface area contributed by atoms with Crippen LogP contribution in [0.1, 0.15) is 15.9 Å².